The van der Waals surface area contributed by atoms with E-state index in [2.05, 4.69) is 12.1 Å². The van der Waals surface area contributed by atoms with E-state index >= 15 is 0 Å². The highest BCUT2D eigenvalue weighted by Crippen LogP contribution is 2.14. The number of aliphatic carboxylic acids is 1. The van der Waals surface area contributed by atoms with Gasteiger partial charge in [0.05, 0.1) is 24.2 Å². The third-order valence-corrected chi connectivity index (χ3v) is 4.44. The Labute approximate surface area is 134 Å². The molecule has 1 fully saturated rings. The molecule has 0 saturated carbocycles. The molecule has 6 heteroatoms. The number of ether oxygens (including phenoxy) is 1. The number of carbonyl (C=O) groups is 2. The number of hydrogen-bond donors (Lipinski definition) is 1. The minimum Gasteiger partial charge on any atom is -0.481 e. The van der Waals surface area contributed by atoms with Gasteiger partial charge in [0.15, 0.2) is 0 Å². The fraction of sp³-hybridized carbons (Fsp3) is 0.500. The van der Waals surface area contributed by atoms with Crippen molar-refractivity contribution in [2.24, 2.45) is 0 Å². The summed E-state index contributed by atoms with van der Waals surface area (Å²) in [5.41, 5.74) is 1.27. The highest BCUT2D eigenvalue weighted by molar-refractivity contribution is 8.00. The Morgan fingerprint density at radius 3 is 2.77 bits per heavy atom. The van der Waals surface area contributed by atoms with Crippen molar-refractivity contribution in [2.45, 2.75) is 18.9 Å². The number of carboxylic acids is 1. The molecule has 0 spiro atoms. The number of benzene rings is 1. The van der Waals surface area contributed by atoms with Crippen LogP contribution in [0.5, 0.6) is 0 Å². The Morgan fingerprint density at radius 1 is 1.27 bits per heavy atom. The van der Waals surface area contributed by atoms with Gasteiger partial charge in [-0.3, -0.25) is 9.59 Å². The molecule has 1 aliphatic rings. The summed E-state index contributed by atoms with van der Waals surface area (Å²) < 4.78 is 5.73. The zero-order valence-electron chi connectivity index (χ0n) is 12.4. The maximum Gasteiger partial charge on any atom is 0.313 e. The van der Waals surface area contributed by atoms with Gasteiger partial charge in [0.25, 0.3) is 0 Å². The first kappa shape index (κ1) is 16.8. The van der Waals surface area contributed by atoms with Gasteiger partial charge in [-0.1, -0.05) is 30.3 Å². The van der Waals surface area contributed by atoms with Crippen LogP contribution < -0.4 is 0 Å². The first-order valence-electron chi connectivity index (χ1n) is 7.38. The minimum atomic E-state index is -0.888. The lowest BCUT2D eigenvalue weighted by Crippen LogP contribution is -2.46. The van der Waals surface area contributed by atoms with Gasteiger partial charge < -0.3 is 14.7 Å². The molecular weight excluding hydrogens is 302 g/mol. The van der Waals surface area contributed by atoms with Crippen LogP contribution in [-0.2, 0) is 20.7 Å². The Balaban J connectivity index is 1.74. The van der Waals surface area contributed by atoms with Crippen LogP contribution in [0.1, 0.15) is 12.0 Å². The van der Waals surface area contributed by atoms with E-state index in [1.54, 1.807) is 4.90 Å². The van der Waals surface area contributed by atoms with Crippen molar-refractivity contribution >= 4 is 23.6 Å². The number of nitrogens with zero attached hydrogens (tertiary/aromatic N) is 1. The molecule has 0 radical (unpaired) electrons. The second-order valence-corrected chi connectivity index (χ2v) is 6.23. The Bertz CT molecular complexity index is 494. The first-order valence-corrected chi connectivity index (χ1v) is 8.53. The Hall–Kier alpha value is -1.53. The average molecular weight is 323 g/mol. The van der Waals surface area contributed by atoms with Gasteiger partial charge in [-0.2, -0.15) is 0 Å². The maximum absolute atomic E-state index is 12.1. The molecule has 1 heterocycles. The predicted octanol–water partition coefficient (Wildman–Crippen LogP) is 1.66. The summed E-state index contributed by atoms with van der Waals surface area (Å²) in [5.74, 6) is -0.703. The summed E-state index contributed by atoms with van der Waals surface area (Å²) in [6.07, 6.45) is 1.87. The maximum atomic E-state index is 12.1. The number of carbonyl (C=O) groups excluding carboxylic acids is 1. The Kier molecular flexibility index (Phi) is 6.74. The Morgan fingerprint density at radius 2 is 2.05 bits per heavy atom. The zero-order chi connectivity index (χ0) is 15.8. The van der Waals surface area contributed by atoms with Gasteiger partial charge in [-0.25, -0.2) is 0 Å². The summed E-state index contributed by atoms with van der Waals surface area (Å²) >= 11 is 1.14. The first-order chi connectivity index (χ1) is 10.6. The molecule has 1 aromatic carbocycles. The van der Waals surface area contributed by atoms with E-state index in [0.29, 0.717) is 19.7 Å². The summed E-state index contributed by atoms with van der Waals surface area (Å²) in [6.45, 7) is 1.74. The third-order valence-electron chi connectivity index (χ3n) is 3.54. The van der Waals surface area contributed by atoms with E-state index in [0.717, 1.165) is 24.6 Å². The van der Waals surface area contributed by atoms with Crippen molar-refractivity contribution in [2.75, 3.05) is 31.2 Å². The molecule has 1 N–H and O–H groups in total. The summed E-state index contributed by atoms with van der Waals surface area (Å²) in [7, 11) is 0. The number of thioether (sulfide) groups is 1. The van der Waals surface area contributed by atoms with Crippen molar-refractivity contribution in [3.05, 3.63) is 35.9 Å². The lowest BCUT2D eigenvalue weighted by Gasteiger charge is -2.33. The van der Waals surface area contributed by atoms with E-state index in [4.69, 9.17) is 9.84 Å². The van der Waals surface area contributed by atoms with E-state index < -0.39 is 5.97 Å². The van der Waals surface area contributed by atoms with Crippen molar-refractivity contribution in [1.29, 1.82) is 0 Å². The van der Waals surface area contributed by atoms with Crippen LogP contribution in [0.25, 0.3) is 0 Å². The molecule has 1 aliphatic heterocycles. The van der Waals surface area contributed by atoms with Crippen LogP contribution in [0, 0.1) is 0 Å². The molecule has 1 aromatic rings. The molecule has 1 unspecified atom stereocenters. The minimum absolute atomic E-state index is 0.000684. The second-order valence-electron chi connectivity index (χ2n) is 5.24. The summed E-state index contributed by atoms with van der Waals surface area (Å²) in [6, 6.07) is 10.2. The lowest BCUT2D eigenvalue weighted by atomic mass is 10.1. The molecule has 1 saturated heterocycles. The van der Waals surface area contributed by atoms with E-state index in [9.17, 15) is 9.59 Å². The van der Waals surface area contributed by atoms with Crippen molar-refractivity contribution in [1.82, 2.24) is 4.90 Å². The highest BCUT2D eigenvalue weighted by atomic mass is 32.2. The van der Waals surface area contributed by atoms with Crippen molar-refractivity contribution in [3.63, 3.8) is 0 Å². The lowest BCUT2D eigenvalue weighted by molar-refractivity contribution is -0.136. The van der Waals surface area contributed by atoms with Crippen molar-refractivity contribution < 1.29 is 19.4 Å². The number of hydrogen-bond acceptors (Lipinski definition) is 4. The zero-order valence-corrected chi connectivity index (χ0v) is 13.3. The molecule has 0 aromatic heterocycles. The SMILES string of the molecule is O=C(O)CSCC(=O)N1CCOC(CCc2ccccc2)C1. The highest BCUT2D eigenvalue weighted by Gasteiger charge is 2.23. The average Bonchev–Trinajstić information content (AvgIpc) is 2.54. The molecule has 0 aliphatic carbocycles. The summed E-state index contributed by atoms with van der Waals surface area (Å²) in [4.78, 5) is 24.3. The van der Waals surface area contributed by atoms with Crippen LogP contribution in [0.3, 0.4) is 0 Å². The molecule has 120 valence electrons. The third kappa shape index (κ3) is 5.69. The number of amides is 1. The molecule has 5 nitrogen and oxygen atoms in total. The van der Waals surface area contributed by atoms with Gasteiger partial charge in [-0.05, 0) is 18.4 Å². The van der Waals surface area contributed by atoms with Gasteiger partial charge in [0.1, 0.15) is 0 Å². The standard InChI is InChI=1S/C16H21NO4S/c18-15(11-22-12-16(19)20)17-8-9-21-14(10-17)7-6-13-4-2-1-3-5-13/h1-5,14H,6-12H2,(H,19,20). The molecule has 1 atom stereocenters. The molecule has 0 bridgehead atoms. The van der Waals surface area contributed by atoms with Gasteiger partial charge in [0, 0.05) is 13.1 Å². The smallest absolute Gasteiger partial charge is 0.313 e. The van der Waals surface area contributed by atoms with E-state index in [1.165, 1.54) is 5.56 Å². The normalized spacial score (nSPS) is 18.2. The van der Waals surface area contributed by atoms with Crippen LogP contribution >= 0.6 is 11.8 Å². The quantitative estimate of drug-likeness (QED) is 0.827. The molecule has 22 heavy (non-hydrogen) atoms. The fourth-order valence-corrected chi connectivity index (χ4v) is 3.04. The molecule has 2 rings (SSSR count). The second kappa shape index (κ2) is 8.80. The van der Waals surface area contributed by atoms with Crippen LogP contribution in [0.15, 0.2) is 30.3 Å². The van der Waals surface area contributed by atoms with Crippen LogP contribution in [0.2, 0.25) is 0 Å². The topological polar surface area (TPSA) is 66.8 Å². The van der Waals surface area contributed by atoms with Crippen LogP contribution in [0.4, 0.5) is 0 Å². The monoisotopic (exact) mass is 323 g/mol. The fourth-order valence-electron chi connectivity index (χ4n) is 2.41. The van der Waals surface area contributed by atoms with Gasteiger partial charge >= 0.3 is 5.97 Å². The number of morpholine rings is 1. The van der Waals surface area contributed by atoms with E-state index in [1.807, 2.05) is 18.2 Å². The number of carboxylic acid groups (broad SMARTS) is 1. The molecule has 1 amide bonds. The van der Waals surface area contributed by atoms with Crippen LogP contribution in [-0.4, -0.2) is 59.2 Å². The van der Waals surface area contributed by atoms with Gasteiger partial charge in [0.2, 0.25) is 5.91 Å². The van der Waals surface area contributed by atoms with Gasteiger partial charge in [-0.15, -0.1) is 11.8 Å². The predicted molar refractivity (Wildman–Crippen MR) is 86.0 cm³/mol. The number of aryl methyl sites for hydroxylation is 1. The van der Waals surface area contributed by atoms with E-state index in [-0.39, 0.29) is 23.5 Å². The largest absolute Gasteiger partial charge is 0.481 e. The number of rotatable bonds is 7. The summed E-state index contributed by atoms with van der Waals surface area (Å²) in [5, 5.41) is 8.59. The molecular formula is C16H21NO4S. The van der Waals surface area contributed by atoms with Crippen molar-refractivity contribution in [3.8, 4) is 0 Å².